The van der Waals surface area contributed by atoms with Gasteiger partial charge in [0, 0.05) is 13.6 Å². The number of ether oxygens (including phenoxy) is 2. The van der Waals surface area contributed by atoms with Crippen LogP contribution >= 0.6 is 0 Å². The lowest BCUT2D eigenvalue weighted by Crippen LogP contribution is -2.45. The summed E-state index contributed by atoms with van der Waals surface area (Å²) in [6.45, 7) is 2.38. The monoisotopic (exact) mass is 289 g/mol. The van der Waals surface area contributed by atoms with Crippen LogP contribution in [0.5, 0.6) is 0 Å². The fourth-order valence-corrected chi connectivity index (χ4v) is 1.49. The maximum atomic E-state index is 11.6. The van der Waals surface area contributed by atoms with Gasteiger partial charge in [-0.15, -0.1) is 0 Å². The van der Waals surface area contributed by atoms with Crippen molar-refractivity contribution in [3.63, 3.8) is 0 Å². The molecule has 0 saturated heterocycles. The molecule has 0 heterocycles. The first-order chi connectivity index (χ1) is 9.54. The third-order valence-corrected chi connectivity index (χ3v) is 2.50. The van der Waals surface area contributed by atoms with Gasteiger partial charge in [0.15, 0.2) is 0 Å². The van der Waals surface area contributed by atoms with Crippen molar-refractivity contribution in [3.05, 3.63) is 0 Å². The van der Waals surface area contributed by atoms with Gasteiger partial charge >= 0.3 is 12.2 Å². The Morgan fingerprint density at radius 2 is 1.85 bits per heavy atom. The molecule has 0 bridgehead atoms. The Kier molecular flexibility index (Phi) is 9.81. The van der Waals surface area contributed by atoms with Crippen LogP contribution in [0.15, 0.2) is 0 Å². The van der Waals surface area contributed by atoms with Gasteiger partial charge in [-0.3, -0.25) is 4.79 Å². The topological polar surface area (TPSA) is 106 Å². The lowest BCUT2D eigenvalue weighted by Gasteiger charge is -2.16. The van der Waals surface area contributed by atoms with Gasteiger partial charge in [-0.05, 0) is 26.2 Å². The minimum absolute atomic E-state index is 0.245. The Bertz CT molecular complexity index is 322. The number of carbonyl (C=O) groups is 3. The second-order valence-electron chi connectivity index (χ2n) is 3.95. The third kappa shape index (κ3) is 8.17. The van der Waals surface area contributed by atoms with Crippen molar-refractivity contribution in [2.75, 3.05) is 27.3 Å². The van der Waals surface area contributed by atoms with E-state index in [1.54, 1.807) is 6.92 Å². The van der Waals surface area contributed by atoms with E-state index in [1.807, 2.05) is 0 Å². The number of alkyl carbamates (subject to hydrolysis) is 2. The highest BCUT2D eigenvalue weighted by atomic mass is 16.5. The Morgan fingerprint density at radius 3 is 2.40 bits per heavy atom. The molecule has 116 valence electrons. The highest BCUT2D eigenvalue weighted by Crippen LogP contribution is 2.01. The summed E-state index contributed by atoms with van der Waals surface area (Å²) in [5.74, 6) is -0.279. The summed E-state index contributed by atoms with van der Waals surface area (Å²) in [6.07, 6.45) is 0.689. The summed E-state index contributed by atoms with van der Waals surface area (Å²) in [4.78, 5) is 33.7. The van der Waals surface area contributed by atoms with Crippen molar-refractivity contribution in [3.8, 4) is 0 Å². The molecular formula is C12H23N3O5. The van der Waals surface area contributed by atoms with E-state index >= 15 is 0 Å². The van der Waals surface area contributed by atoms with E-state index in [0.29, 0.717) is 25.8 Å². The van der Waals surface area contributed by atoms with Crippen LogP contribution in [0.3, 0.4) is 0 Å². The predicted molar refractivity (Wildman–Crippen MR) is 72.3 cm³/mol. The number of carbonyl (C=O) groups excluding carboxylic acids is 3. The van der Waals surface area contributed by atoms with E-state index in [2.05, 4.69) is 20.7 Å². The summed E-state index contributed by atoms with van der Waals surface area (Å²) in [5.41, 5.74) is 0. The zero-order valence-corrected chi connectivity index (χ0v) is 12.2. The number of rotatable bonds is 8. The van der Waals surface area contributed by atoms with E-state index in [0.717, 1.165) is 0 Å². The summed E-state index contributed by atoms with van der Waals surface area (Å²) < 4.78 is 9.16. The molecule has 0 aliphatic rings. The summed E-state index contributed by atoms with van der Waals surface area (Å²) in [6, 6.07) is -0.642. The van der Waals surface area contributed by atoms with Crippen molar-refractivity contribution in [1.29, 1.82) is 0 Å². The molecule has 3 N–H and O–H groups in total. The maximum Gasteiger partial charge on any atom is 0.407 e. The molecule has 0 aromatic carbocycles. The molecule has 0 rings (SSSR count). The van der Waals surface area contributed by atoms with Crippen LogP contribution < -0.4 is 16.0 Å². The average Bonchev–Trinajstić information content (AvgIpc) is 2.44. The van der Waals surface area contributed by atoms with E-state index < -0.39 is 18.2 Å². The van der Waals surface area contributed by atoms with Gasteiger partial charge in [0.05, 0.1) is 13.7 Å². The molecule has 8 nitrogen and oxygen atoms in total. The molecule has 0 saturated carbocycles. The molecule has 0 aliphatic carbocycles. The van der Waals surface area contributed by atoms with Crippen LogP contribution in [0.25, 0.3) is 0 Å². The van der Waals surface area contributed by atoms with Gasteiger partial charge < -0.3 is 25.4 Å². The number of unbranched alkanes of at least 4 members (excludes halogenated alkanes) is 1. The quantitative estimate of drug-likeness (QED) is 0.560. The van der Waals surface area contributed by atoms with Crippen molar-refractivity contribution >= 4 is 18.1 Å². The largest absolute Gasteiger partial charge is 0.453 e. The zero-order chi connectivity index (χ0) is 15.4. The van der Waals surface area contributed by atoms with Crippen LogP contribution in [0, 0.1) is 0 Å². The van der Waals surface area contributed by atoms with Crippen molar-refractivity contribution < 1.29 is 23.9 Å². The highest BCUT2D eigenvalue weighted by Gasteiger charge is 2.19. The molecule has 20 heavy (non-hydrogen) atoms. The number of nitrogens with one attached hydrogen (secondary N) is 3. The first kappa shape index (κ1) is 18.0. The summed E-state index contributed by atoms with van der Waals surface area (Å²) in [5, 5.41) is 7.51. The Labute approximate surface area is 118 Å². The molecule has 0 aromatic heterocycles. The van der Waals surface area contributed by atoms with E-state index in [1.165, 1.54) is 14.2 Å². The van der Waals surface area contributed by atoms with E-state index in [9.17, 15) is 14.4 Å². The van der Waals surface area contributed by atoms with Crippen LogP contribution in [0.4, 0.5) is 9.59 Å². The molecule has 0 radical (unpaired) electrons. The summed E-state index contributed by atoms with van der Waals surface area (Å²) in [7, 11) is 2.79. The number of hydrogen-bond acceptors (Lipinski definition) is 5. The second kappa shape index (κ2) is 10.9. The van der Waals surface area contributed by atoms with Crippen LogP contribution in [-0.4, -0.2) is 51.4 Å². The number of likely N-dealkylation sites (N-methyl/N-ethyl adjacent to an activating group) is 1. The minimum atomic E-state index is -0.642. The molecule has 0 spiro atoms. The zero-order valence-electron chi connectivity index (χ0n) is 12.2. The van der Waals surface area contributed by atoms with E-state index in [-0.39, 0.29) is 12.5 Å². The molecule has 8 heteroatoms. The Hall–Kier alpha value is -1.99. The Balaban J connectivity index is 4.02. The number of methoxy groups -OCH3 is 1. The van der Waals surface area contributed by atoms with Gasteiger partial charge in [0.25, 0.3) is 0 Å². The first-order valence-electron chi connectivity index (χ1n) is 6.51. The SMILES string of the molecule is CCOC(=O)NC(CCCCNC(=O)OC)C(=O)NC. The molecule has 1 atom stereocenters. The summed E-state index contributed by atoms with van der Waals surface area (Å²) >= 11 is 0. The van der Waals surface area contributed by atoms with Gasteiger partial charge in [-0.1, -0.05) is 0 Å². The van der Waals surface area contributed by atoms with Crippen LogP contribution in [0.1, 0.15) is 26.2 Å². The number of amides is 3. The normalized spacial score (nSPS) is 11.2. The molecule has 1 unspecified atom stereocenters. The van der Waals surface area contributed by atoms with Crippen molar-refractivity contribution in [2.45, 2.75) is 32.2 Å². The van der Waals surface area contributed by atoms with Gasteiger partial charge in [-0.25, -0.2) is 9.59 Å². The third-order valence-electron chi connectivity index (χ3n) is 2.50. The molecule has 0 aromatic rings. The first-order valence-corrected chi connectivity index (χ1v) is 6.51. The lowest BCUT2D eigenvalue weighted by atomic mass is 10.1. The predicted octanol–water partition coefficient (Wildman–Crippen LogP) is 0.373. The van der Waals surface area contributed by atoms with Crippen molar-refractivity contribution in [2.24, 2.45) is 0 Å². The molecule has 0 fully saturated rings. The molecule has 3 amide bonds. The van der Waals surface area contributed by atoms with Gasteiger partial charge in [-0.2, -0.15) is 0 Å². The van der Waals surface area contributed by atoms with Crippen LogP contribution in [0.2, 0.25) is 0 Å². The van der Waals surface area contributed by atoms with Crippen molar-refractivity contribution in [1.82, 2.24) is 16.0 Å². The fourth-order valence-electron chi connectivity index (χ4n) is 1.49. The average molecular weight is 289 g/mol. The maximum absolute atomic E-state index is 11.6. The minimum Gasteiger partial charge on any atom is -0.453 e. The van der Waals surface area contributed by atoms with Crippen LogP contribution in [-0.2, 0) is 14.3 Å². The second-order valence-corrected chi connectivity index (χ2v) is 3.95. The highest BCUT2D eigenvalue weighted by molar-refractivity contribution is 5.85. The van der Waals surface area contributed by atoms with Gasteiger partial charge in [0.1, 0.15) is 6.04 Å². The van der Waals surface area contributed by atoms with Gasteiger partial charge in [0.2, 0.25) is 5.91 Å². The van der Waals surface area contributed by atoms with E-state index in [4.69, 9.17) is 4.74 Å². The molecule has 0 aliphatic heterocycles. The molecular weight excluding hydrogens is 266 g/mol. The number of hydrogen-bond donors (Lipinski definition) is 3. The fraction of sp³-hybridized carbons (Fsp3) is 0.750. The standard InChI is InChI=1S/C12H23N3O5/c1-4-20-12(18)15-9(10(16)13-2)7-5-6-8-14-11(17)19-3/h9H,4-8H2,1-3H3,(H,13,16)(H,14,17)(H,15,18). The Morgan fingerprint density at radius 1 is 1.15 bits per heavy atom. The lowest BCUT2D eigenvalue weighted by molar-refractivity contribution is -0.122. The smallest absolute Gasteiger partial charge is 0.407 e.